The predicted octanol–water partition coefficient (Wildman–Crippen LogP) is 8.31. The number of hydrogen-bond acceptors (Lipinski definition) is 4. The molecule has 37 heavy (non-hydrogen) atoms. The third-order valence-corrected chi connectivity index (χ3v) is 7.84. The van der Waals surface area contributed by atoms with Crippen LogP contribution in [-0.4, -0.2) is 53.7 Å². The Morgan fingerprint density at radius 2 is 1.86 bits per heavy atom. The number of halogens is 3. The Hall–Kier alpha value is -1.92. The lowest BCUT2D eigenvalue weighted by Gasteiger charge is -2.40. The van der Waals surface area contributed by atoms with Gasteiger partial charge in [-0.3, -0.25) is 4.90 Å². The average Bonchev–Trinajstić information content (AvgIpc) is 2.84. The molecule has 4 rings (SSSR count). The van der Waals surface area contributed by atoms with Crippen molar-refractivity contribution >= 4 is 52.2 Å². The van der Waals surface area contributed by atoms with Crippen molar-refractivity contribution in [1.82, 2.24) is 9.80 Å². The number of carbonyl (C=O) groups excluding carboxylic acids is 1. The van der Waals surface area contributed by atoms with E-state index in [9.17, 15) is 4.79 Å². The second-order valence-electron chi connectivity index (χ2n) is 10.9. The number of likely N-dealkylation sites (tertiary alicyclic amines) is 1. The van der Waals surface area contributed by atoms with Crippen LogP contribution in [0.5, 0.6) is 0 Å². The normalized spacial score (nSPS) is 19.8. The molecule has 0 bridgehead atoms. The molecule has 2 atom stereocenters. The van der Waals surface area contributed by atoms with Gasteiger partial charge in [-0.25, -0.2) is 4.79 Å². The molecule has 0 radical (unpaired) electrons. The van der Waals surface area contributed by atoms with Crippen LogP contribution in [0.25, 0.3) is 5.57 Å². The molecule has 0 aromatic heterocycles. The zero-order valence-electron chi connectivity index (χ0n) is 22.0. The maximum absolute atomic E-state index is 12.6. The number of rotatable bonds is 5. The van der Waals surface area contributed by atoms with Gasteiger partial charge in [-0.05, 0) is 87.9 Å². The first-order valence-electron chi connectivity index (χ1n) is 12.9. The van der Waals surface area contributed by atoms with E-state index >= 15 is 0 Å². The number of nitrogens with one attached hydrogen (secondary N) is 1. The van der Waals surface area contributed by atoms with Crippen molar-refractivity contribution in [2.45, 2.75) is 64.6 Å². The van der Waals surface area contributed by atoms with Crippen LogP contribution in [0.1, 0.15) is 64.1 Å². The molecule has 1 N–H and O–H groups in total. The molecule has 0 unspecified atom stereocenters. The van der Waals surface area contributed by atoms with Crippen LogP contribution in [0.15, 0.2) is 42.5 Å². The third-order valence-electron chi connectivity index (χ3n) is 6.94. The van der Waals surface area contributed by atoms with Gasteiger partial charge < -0.3 is 15.0 Å². The lowest BCUT2D eigenvalue weighted by Crippen LogP contribution is -2.51. The van der Waals surface area contributed by atoms with E-state index in [4.69, 9.17) is 39.5 Å². The Labute approximate surface area is 235 Å². The Morgan fingerprint density at radius 1 is 1.08 bits per heavy atom. The summed E-state index contributed by atoms with van der Waals surface area (Å²) in [7, 11) is 0. The van der Waals surface area contributed by atoms with Gasteiger partial charge in [0.25, 0.3) is 0 Å². The van der Waals surface area contributed by atoms with Gasteiger partial charge in [0.2, 0.25) is 0 Å². The Bertz CT molecular complexity index is 1160. The number of ether oxygens (including phenoxy) is 1. The molecular formula is C29H36Cl3N3O2. The highest BCUT2D eigenvalue weighted by Gasteiger charge is 2.31. The number of hydrogen-bond donors (Lipinski definition) is 1. The van der Waals surface area contributed by atoms with Gasteiger partial charge >= 0.3 is 6.09 Å². The van der Waals surface area contributed by atoms with Gasteiger partial charge in [0, 0.05) is 42.3 Å². The fraction of sp³-hybridized carbons (Fsp3) is 0.483. The van der Waals surface area contributed by atoms with Crippen LogP contribution in [0.2, 0.25) is 15.1 Å². The first kappa shape index (κ1) is 28.1. The van der Waals surface area contributed by atoms with Gasteiger partial charge in [-0.1, -0.05) is 53.0 Å². The van der Waals surface area contributed by atoms with E-state index in [0.29, 0.717) is 21.1 Å². The van der Waals surface area contributed by atoms with E-state index in [-0.39, 0.29) is 12.1 Å². The summed E-state index contributed by atoms with van der Waals surface area (Å²) >= 11 is 19.0. The molecular weight excluding hydrogens is 529 g/mol. The summed E-state index contributed by atoms with van der Waals surface area (Å²) < 4.78 is 5.60. The molecule has 5 nitrogen and oxygen atoms in total. The summed E-state index contributed by atoms with van der Waals surface area (Å²) in [5.74, 6) is 0. The van der Waals surface area contributed by atoms with E-state index in [1.165, 1.54) is 11.1 Å². The smallest absolute Gasteiger partial charge is 0.410 e. The largest absolute Gasteiger partial charge is 0.444 e. The van der Waals surface area contributed by atoms with Crippen molar-refractivity contribution in [3.8, 4) is 0 Å². The number of nitrogens with zero attached hydrogens (tertiary/aromatic N) is 2. The zero-order chi connectivity index (χ0) is 26.7. The second kappa shape index (κ2) is 11.9. The zero-order valence-corrected chi connectivity index (χ0v) is 24.3. The van der Waals surface area contributed by atoms with Crippen molar-refractivity contribution < 1.29 is 9.53 Å². The van der Waals surface area contributed by atoms with Crippen LogP contribution < -0.4 is 5.32 Å². The maximum atomic E-state index is 12.6. The van der Waals surface area contributed by atoms with Crippen molar-refractivity contribution in [3.63, 3.8) is 0 Å². The monoisotopic (exact) mass is 563 g/mol. The number of benzene rings is 2. The first-order chi connectivity index (χ1) is 17.5. The molecule has 2 aromatic rings. The van der Waals surface area contributed by atoms with E-state index in [1.807, 2.05) is 43.9 Å². The Morgan fingerprint density at radius 3 is 2.54 bits per heavy atom. The lowest BCUT2D eigenvalue weighted by atomic mass is 9.96. The quantitative estimate of drug-likeness (QED) is 0.397. The Kier molecular flexibility index (Phi) is 9.00. The molecule has 8 heteroatoms. The van der Waals surface area contributed by atoms with Crippen LogP contribution in [0, 0.1) is 0 Å². The van der Waals surface area contributed by atoms with Crippen molar-refractivity contribution in [1.29, 1.82) is 0 Å². The van der Waals surface area contributed by atoms with Crippen LogP contribution in [0.3, 0.4) is 0 Å². The van der Waals surface area contributed by atoms with Crippen LogP contribution in [0.4, 0.5) is 10.5 Å². The van der Waals surface area contributed by atoms with Crippen LogP contribution in [-0.2, 0) is 4.74 Å². The minimum atomic E-state index is -0.474. The van der Waals surface area contributed by atoms with Gasteiger partial charge in [-0.2, -0.15) is 0 Å². The standard InChI is InChI=1S/C29H36Cl3N3O2/c1-19(24-9-8-22(30)17-26(24)32)33-27-16-21(7-10-25(27)31)20-11-14-34(15-12-20)23-6-5-13-35(18-23)28(36)37-29(2,3)4/h7-11,16-17,19,23,33H,5-6,12-15,18H2,1-4H3/t19-,23+/m1/s1. The molecule has 2 aliphatic rings. The summed E-state index contributed by atoms with van der Waals surface area (Å²) in [5.41, 5.74) is 3.85. The van der Waals surface area contributed by atoms with Gasteiger partial charge in [-0.15, -0.1) is 0 Å². The van der Waals surface area contributed by atoms with E-state index in [1.54, 1.807) is 6.07 Å². The highest BCUT2D eigenvalue weighted by atomic mass is 35.5. The minimum absolute atomic E-state index is 0.0347. The predicted molar refractivity (Wildman–Crippen MR) is 155 cm³/mol. The molecule has 2 aliphatic heterocycles. The highest BCUT2D eigenvalue weighted by molar-refractivity contribution is 6.35. The molecule has 2 heterocycles. The minimum Gasteiger partial charge on any atom is -0.444 e. The van der Waals surface area contributed by atoms with Gasteiger partial charge in [0.15, 0.2) is 0 Å². The molecule has 1 fully saturated rings. The molecule has 0 saturated carbocycles. The number of anilines is 1. The van der Waals surface area contributed by atoms with Crippen LogP contribution >= 0.6 is 34.8 Å². The van der Waals surface area contributed by atoms with Gasteiger partial charge in [0.1, 0.15) is 5.60 Å². The van der Waals surface area contributed by atoms with Crippen molar-refractivity contribution in [2.24, 2.45) is 0 Å². The fourth-order valence-electron chi connectivity index (χ4n) is 5.02. The van der Waals surface area contributed by atoms with E-state index in [2.05, 4.69) is 35.3 Å². The van der Waals surface area contributed by atoms with Crippen molar-refractivity contribution in [2.75, 3.05) is 31.5 Å². The summed E-state index contributed by atoms with van der Waals surface area (Å²) in [4.78, 5) is 16.9. The molecule has 1 amide bonds. The summed E-state index contributed by atoms with van der Waals surface area (Å²) in [6.07, 6.45) is 5.15. The molecule has 1 saturated heterocycles. The summed E-state index contributed by atoms with van der Waals surface area (Å²) in [6, 6.07) is 12.0. The second-order valence-corrected chi connectivity index (χ2v) is 12.2. The number of carbonyl (C=O) groups is 1. The molecule has 0 spiro atoms. The lowest BCUT2D eigenvalue weighted by molar-refractivity contribution is 0.0114. The summed E-state index contributed by atoms with van der Waals surface area (Å²) in [5, 5.41) is 5.42. The topological polar surface area (TPSA) is 44.8 Å². The van der Waals surface area contributed by atoms with Crippen molar-refractivity contribution in [3.05, 3.63) is 68.7 Å². The van der Waals surface area contributed by atoms with Gasteiger partial charge in [0.05, 0.1) is 16.8 Å². The SMILES string of the molecule is C[C@@H](Nc1cc(C2=CCN([C@H]3CCCN(C(=O)OC(C)(C)C)C3)CC2)ccc1Cl)c1ccc(Cl)cc1Cl. The summed E-state index contributed by atoms with van der Waals surface area (Å²) in [6.45, 7) is 11.1. The fourth-order valence-corrected chi connectivity index (χ4v) is 5.77. The van der Waals surface area contributed by atoms with E-state index in [0.717, 1.165) is 56.7 Å². The van der Waals surface area contributed by atoms with E-state index < -0.39 is 5.60 Å². The molecule has 2 aromatic carbocycles. The highest BCUT2D eigenvalue weighted by Crippen LogP contribution is 2.34. The number of piperidine rings is 1. The first-order valence-corrected chi connectivity index (χ1v) is 14.1. The average molecular weight is 565 g/mol. The maximum Gasteiger partial charge on any atom is 0.410 e. The Balaban J connectivity index is 1.40. The molecule has 0 aliphatic carbocycles. The third kappa shape index (κ3) is 7.35. The molecule has 200 valence electrons. The number of amides is 1.